The Kier molecular flexibility index (Phi) is 4.13. The molecule has 1 aromatic heterocycles. The number of benzene rings is 1. The van der Waals surface area contributed by atoms with Gasteiger partial charge in [-0.3, -0.25) is 4.79 Å². The van der Waals surface area contributed by atoms with Gasteiger partial charge in [-0.15, -0.1) is 0 Å². The van der Waals surface area contributed by atoms with Crippen LogP contribution in [0.4, 0.5) is 4.39 Å². The summed E-state index contributed by atoms with van der Waals surface area (Å²) in [6, 6.07) is 5.05. The number of nitrogens with zero attached hydrogens (tertiary/aromatic N) is 1. The minimum absolute atomic E-state index is 0.140. The molecule has 2 aromatic rings. The molecule has 0 unspecified atom stereocenters. The molecule has 0 aliphatic heterocycles. The third-order valence-corrected chi connectivity index (χ3v) is 4.79. The lowest BCUT2D eigenvalue weighted by Crippen LogP contribution is -2.24. The van der Waals surface area contributed by atoms with Gasteiger partial charge in [0.15, 0.2) is 0 Å². The fourth-order valence-corrected chi connectivity index (χ4v) is 3.07. The number of aryl methyl sites for hydroxylation is 1. The molecule has 3 rings (SSSR count). The van der Waals surface area contributed by atoms with Crippen LogP contribution in [-0.2, 0) is 6.54 Å². The number of halogens is 2. The highest BCUT2D eigenvalue weighted by Crippen LogP contribution is 2.33. The molecular formula is C16H18BrFN2O. The van der Waals surface area contributed by atoms with Crippen LogP contribution >= 0.6 is 15.9 Å². The van der Waals surface area contributed by atoms with E-state index in [9.17, 15) is 9.18 Å². The van der Waals surface area contributed by atoms with E-state index in [-0.39, 0.29) is 11.6 Å². The number of rotatable bonds is 5. The summed E-state index contributed by atoms with van der Waals surface area (Å²) in [6.45, 7) is 0.632. The van der Waals surface area contributed by atoms with Crippen molar-refractivity contribution in [2.45, 2.75) is 38.3 Å². The van der Waals surface area contributed by atoms with Crippen molar-refractivity contribution >= 4 is 26.7 Å². The molecule has 1 fully saturated rings. The first-order chi connectivity index (χ1) is 10.1. The van der Waals surface area contributed by atoms with E-state index in [1.54, 1.807) is 16.8 Å². The molecule has 0 bridgehead atoms. The Hall–Kier alpha value is -1.20. The SMILES string of the molecule is N[C@H](CCCn1ccc2cc(Br)c(F)cc2c1=O)C1CC1. The molecule has 1 heterocycles. The third-order valence-electron chi connectivity index (χ3n) is 4.18. The van der Waals surface area contributed by atoms with E-state index >= 15 is 0 Å². The molecule has 1 aliphatic carbocycles. The molecule has 2 N–H and O–H groups in total. The zero-order chi connectivity index (χ0) is 15.0. The quantitative estimate of drug-likeness (QED) is 0.896. The maximum atomic E-state index is 13.6. The first-order valence-corrected chi connectivity index (χ1v) is 8.09. The fraction of sp³-hybridized carbons (Fsp3) is 0.438. The molecule has 0 spiro atoms. The van der Waals surface area contributed by atoms with Crippen LogP contribution in [0.3, 0.4) is 0 Å². The van der Waals surface area contributed by atoms with Crippen LogP contribution in [-0.4, -0.2) is 10.6 Å². The van der Waals surface area contributed by atoms with Gasteiger partial charge in [-0.2, -0.15) is 0 Å². The van der Waals surface area contributed by atoms with Crippen molar-refractivity contribution in [2.24, 2.45) is 11.7 Å². The molecule has 1 atom stereocenters. The average molecular weight is 353 g/mol. The van der Waals surface area contributed by atoms with Gasteiger partial charge in [-0.1, -0.05) is 0 Å². The Balaban J connectivity index is 1.77. The van der Waals surface area contributed by atoms with Gasteiger partial charge in [0.2, 0.25) is 0 Å². The molecule has 112 valence electrons. The molecular weight excluding hydrogens is 335 g/mol. The summed E-state index contributed by atoms with van der Waals surface area (Å²) >= 11 is 3.14. The lowest BCUT2D eigenvalue weighted by atomic mass is 10.1. The zero-order valence-corrected chi connectivity index (χ0v) is 13.3. The summed E-state index contributed by atoms with van der Waals surface area (Å²) in [4.78, 5) is 12.4. The normalized spacial score (nSPS) is 16.3. The number of hydrogen-bond acceptors (Lipinski definition) is 2. The van der Waals surface area contributed by atoms with Crippen molar-refractivity contribution in [3.8, 4) is 0 Å². The molecule has 1 aliphatic rings. The van der Waals surface area contributed by atoms with Gasteiger partial charge in [-0.25, -0.2) is 4.39 Å². The van der Waals surface area contributed by atoms with Gasteiger partial charge in [0.25, 0.3) is 5.56 Å². The minimum atomic E-state index is -0.409. The summed E-state index contributed by atoms with van der Waals surface area (Å²) in [5.74, 6) is 0.276. The van der Waals surface area contributed by atoms with Crippen molar-refractivity contribution < 1.29 is 4.39 Å². The number of aromatic nitrogens is 1. The Morgan fingerprint density at radius 3 is 2.90 bits per heavy atom. The molecule has 1 aromatic carbocycles. The van der Waals surface area contributed by atoms with Crippen molar-refractivity contribution in [3.05, 3.63) is 45.0 Å². The summed E-state index contributed by atoms with van der Waals surface area (Å²) in [5.41, 5.74) is 5.93. The smallest absolute Gasteiger partial charge is 0.258 e. The number of fused-ring (bicyclic) bond motifs is 1. The Labute approximate surface area is 131 Å². The van der Waals surface area contributed by atoms with Gasteiger partial charge in [0, 0.05) is 18.8 Å². The van der Waals surface area contributed by atoms with Gasteiger partial charge < -0.3 is 10.3 Å². The van der Waals surface area contributed by atoms with Crippen LogP contribution in [0.25, 0.3) is 10.8 Å². The molecule has 1 saturated carbocycles. The Bertz CT molecular complexity index is 724. The van der Waals surface area contributed by atoms with E-state index < -0.39 is 5.82 Å². The average Bonchev–Trinajstić information content (AvgIpc) is 3.28. The van der Waals surface area contributed by atoms with Crippen LogP contribution in [0.5, 0.6) is 0 Å². The molecule has 0 saturated heterocycles. The van der Waals surface area contributed by atoms with Crippen LogP contribution in [0.1, 0.15) is 25.7 Å². The maximum absolute atomic E-state index is 13.6. The van der Waals surface area contributed by atoms with Crippen LogP contribution < -0.4 is 11.3 Å². The van der Waals surface area contributed by atoms with E-state index in [4.69, 9.17) is 5.73 Å². The first kappa shape index (κ1) is 14.7. The van der Waals surface area contributed by atoms with Crippen LogP contribution in [0.2, 0.25) is 0 Å². The summed E-state index contributed by atoms with van der Waals surface area (Å²) in [6.07, 6.45) is 6.07. The monoisotopic (exact) mass is 352 g/mol. The molecule has 0 amide bonds. The van der Waals surface area contributed by atoms with E-state index in [1.165, 1.54) is 18.9 Å². The van der Waals surface area contributed by atoms with Crippen molar-refractivity contribution in [1.82, 2.24) is 4.57 Å². The summed E-state index contributed by atoms with van der Waals surface area (Å²) < 4.78 is 15.6. The number of nitrogens with two attached hydrogens (primary N) is 1. The van der Waals surface area contributed by atoms with Gasteiger partial charge in [0.05, 0.1) is 9.86 Å². The van der Waals surface area contributed by atoms with Gasteiger partial charge in [0.1, 0.15) is 5.82 Å². The second-order valence-corrected chi connectivity index (χ2v) is 6.67. The standard InChI is InChI=1S/C16H18BrFN2O/c17-13-8-11-5-7-20(16(21)12(11)9-14(13)18)6-1-2-15(19)10-3-4-10/h5,7-10,15H,1-4,6,19H2/t15-/m1/s1. The van der Waals surface area contributed by atoms with E-state index in [0.717, 1.165) is 18.2 Å². The fourth-order valence-electron chi connectivity index (χ4n) is 2.71. The predicted octanol–water partition coefficient (Wildman–Crippen LogP) is 3.42. The lowest BCUT2D eigenvalue weighted by Gasteiger charge is -2.11. The van der Waals surface area contributed by atoms with Crippen molar-refractivity contribution in [2.75, 3.05) is 0 Å². The largest absolute Gasteiger partial charge is 0.327 e. The highest BCUT2D eigenvalue weighted by atomic mass is 79.9. The van der Waals surface area contributed by atoms with Gasteiger partial charge >= 0.3 is 0 Å². The second-order valence-electron chi connectivity index (χ2n) is 5.81. The maximum Gasteiger partial charge on any atom is 0.258 e. The van der Waals surface area contributed by atoms with E-state index in [2.05, 4.69) is 15.9 Å². The number of pyridine rings is 1. The highest BCUT2D eigenvalue weighted by molar-refractivity contribution is 9.10. The first-order valence-electron chi connectivity index (χ1n) is 7.30. The van der Waals surface area contributed by atoms with E-state index in [0.29, 0.717) is 22.3 Å². The summed E-state index contributed by atoms with van der Waals surface area (Å²) in [5, 5.41) is 1.17. The summed E-state index contributed by atoms with van der Waals surface area (Å²) in [7, 11) is 0. The second kappa shape index (κ2) is 5.89. The molecule has 21 heavy (non-hydrogen) atoms. The topological polar surface area (TPSA) is 48.0 Å². The number of hydrogen-bond donors (Lipinski definition) is 1. The lowest BCUT2D eigenvalue weighted by molar-refractivity contribution is 0.493. The Morgan fingerprint density at radius 2 is 2.19 bits per heavy atom. The zero-order valence-electron chi connectivity index (χ0n) is 11.7. The van der Waals surface area contributed by atoms with E-state index in [1.807, 2.05) is 6.07 Å². The van der Waals surface area contributed by atoms with Crippen molar-refractivity contribution in [1.29, 1.82) is 0 Å². The Morgan fingerprint density at radius 1 is 1.43 bits per heavy atom. The van der Waals surface area contributed by atoms with Crippen LogP contribution in [0.15, 0.2) is 33.7 Å². The molecule has 3 nitrogen and oxygen atoms in total. The predicted molar refractivity (Wildman–Crippen MR) is 85.8 cm³/mol. The minimum Gasteiger partial charge on any atom is -0.327 e. The molecule has 5 heteroatoms. The van der Waals surface area contributed by atoms with Crippen LogP contribution in [0, 0.1) is 11.7 Å². The highest BCUT2D eigenvalue weighted by Gasteiger charge is 2.27. The van der Waals surface area contributed by atoms with Gasteiger partial charge in [-0.05, 0) is 71.1 Å². The molecule has 0 radical (unpaired) electrons. The van der Waals surface area contributed by atoms with Crippen molar-refractivity contribution in [3.63, 3.8) is 0 Å². The third kappa shape index (κ3) is 3.19.